The van der Waals surface area contributed by atoms with Crippen molar-refractivity contribution in [3.05, 3.63) is 0 Å². The minimum atomic E-state index is -1.33. The van der Waals surface area contributed by atoms with Gasteiger partial charge in [-0.1, -0.05) is 19.3 Å². The molecule has 0 aromatic rings. The lowest BCUT2D eigenvalue weighted by Gasteiger charge is -2.12. The fourth-order valence-corrected chi connectivity index (χ4v) is 1.98. The van der Waals surface area contributed by atoms with Gasteiger partial charge in [0.2, 0.25) is 4.91 Å². The molecule has 0 aliphatic carbocycles. The molecule has 0 amide bonds. The zero-order valence-electron chi connectivity index (χ0n) is 12.2. The number of rotatable bonds is 13. The molecule has 0 aromatic carbocycles. The van der Waals surface area contributed by atoms with E-state index in [0.717, 1.165) is 12.8 Å². The van der Waals surface area contributed by atoms with Crippen LogP contribution in [0.15, 0.2) is 5.11 Å². The Morgan fingerprint density at radius 1 is 0.909 bits per heavy atom. The van der Waals surface area contributed by atoms with Gasteiger partial charge in [-0.3, -0.25) is 19.2 Å². The van der Waals surface area contributed by atoms with Crippen LogP contribution >= 0.6 is 0 Å². The van der Waals surface area contributed by atoms with Crippen molar-refractivity contribution in [3.8, 4) is 0 Å². The Bertz CT molecular complexity index is 442. The summed E-state index contributed by atoms with van der Waals surface area (Å²) in [6.45, 7) is 0.433. The number of Topliss-reactive ketones (excluding diaryl/α,β-unsaturated/α-hetero) is 2. The highest BCUT2D eigenvalue weighted by Crippen LogP contribution is 2.16. The molecule has 0 bridgehead atoms. The first-order valence-corrected chi connectivity index (χ1v) is 6.90. The van der Waals surface area contributed by atoms with Gasteiger partial charge in [-0.2, -0.15) is 0 Å². The summed E-state index contributed by atoms with van der Waals surface area (Å²) in [6, 6.07) is 0. The SMILES string of the molecule is N=[N+]=NCCCCCCC(C(=O)CC(=O)O)C(=O)CC(=O)O. The van der Waals surface area contributed by atoms with Crippen molar-refractivity contribution in [2.75, 3.05) is 6.54 Å². The van der Waals surface area contributed by atoms with Gasteiger partial charge in [-0.25, -0.2) is 0 Å². The third-order valence-electron chi connectivity index (χ3n) is 3.00. The molecule has 9 heteroatoms. The van der Waals surface area contributed by atoms with Crippen LogP contribution in [-0.4, -0.2) is 40.3 Å². The van der Waals surface area contributed by atoms with E-state index in [0.29, 0.717) is 19.4 Å². The summed E-state index contributed by atoms with van der Waals surface area (Å²) >= 11 is 0. The molecule has 3 N–H and O–H groups in total. The molecule has 9 nitrogen and oxygen atoms in total. The molecule has 22 heavy (non-hydrogen) atoms. The third kappa shape index (κ3) is 9.49. The van der Waals surface area contributed by atoms with Crippen molar-refractivity contribution in [3.63, 3.8) is 0 Å². The van der Waals surface area contributed by atoms with Crippen molar-refractivity contribution in [2.24, 2.45) is 11.0 Å². The van der Waals surface area contributed by atoms with Gasteiger partial charge in [0.25, 0.3) is 0 Å². The van der Waals surface area contributed by atoms with Crippen molar-refractivity contribution in [2.45, 2.75) is 44.9 Å². The summed E-state index contributed by atoms with van der Waals surface area (Å²) in [7, 11) is 0. The van der Waals surface area contributed by atoms with Crippen LogP contribution in [0.1, 0.15) is 44.9 Å². The molecule has 0 aliphatic rings. The number of nitrogens with zero attached hydrogens (tertiary/aromatic N) is 2. The van der Waals surface area contributed by atoms with Crippen molar-refractivity contribution in [1.82, 2.24) is 4.91 Å². The maximum Gasteiger partial charge on any atom is 0.310 e. The highest BCUT2D eigenvalue weighted by molar-refractivity contribution is 6.11. The van der Waals surface area contributed by atoms with Crippen LogP contribution in [0.25, 0.3) is 0 Å². The number of carbonyl (C=O) groups excluding carboxylic acids is 2. The smallest absolute Gasteiger partial charge is 0.310 e. The molecule has 0 saturated heterocycles. The normalized spacial score (nSPS) is 10.0. The Morgan fingerprint density at radius 3 is 1.86 bits per heavy atom. The van der Waals surface area contributed by atoms with E-state index in [2.05, 4.69) is 10.0 Å². The predicted molar refractivity (Wildman–Crippen MR) is 73.2 cm³/mol. The number of carbonyl (C=O) groups is 4. The van der Waals surface area contributed by atoms with E-state index in [4.69, 9.17) is 15.7 Å². The largest absolute Gasteiger partial charge is 0.481 e. The number of unbranched alkanes of at least 4 members (excludes halogenated alkanes) is 3. The standard InChI is InChI=1S/C13H19N3O6/c14-16-15-6-4-2-1-3-5-9(10(17)7-12(19)20)11(18)8-13(21)22/h9,14H,1-8H2,(H-,19,20,21,22)/p+1. The van der Waals surface area contributed by atoms with Crippen molar-refractivity contribution in [1.29, 1.82) is 5.53 Å². The van der Waals surface area contributed by atoms with Crippen LogP contribution in [0.2, 0.25) is 0 Å². The Hall–Kier alpha value is -2.41. The molecule has 0 radical (unpaired) electrons. The van der Waals surface area contributed by atoms with Gasteiger partial charge < -0.3 is 10.2 Å². The van der Waals surface area contributed by atoms with E-state index >= 15 is 0 Å². The second-order valence-electron chi connectivity index (χ2n) is 4.79. The van der Waals surface area contributed by atoms with Crippen molar-refractivity contribution >= 4 is 23.5 Å². The lowest BCUT2D eigenvalue weighted by atomic mass is 9.89. The fourth-order valence-electron chi connectivity index (χ4n) is 1.98. The quantitative estimate of drug-likeness (QED) is 0.200. The fraction of sp³-hybridized carbons (Fsp3) is 0.692. The minimum absolute atomic E-state index is 0.151. The monoisotopic (exact) mass is 314 g/mol. The first-order chi connectivity index (χ1) is 10.4. The summed E-state index contributed by atoms with van der Waals surface area (Å²) in [6.07, 6.45) is 1.30. The van der Waals surface area contributed by atoms with Gasteiger partial charge in [0.1, 0.15) is 30.0 Å². The van der Waals surface area contributed by atoms with E-state index in [1.807, 2.05) is 0 Å². The lowest BCUT2D eigenvalue weighted by molar-refractivity contribution is -0.143. The van der Waals surface area contributed by atoms with E-state index in [1.54, 1.807) is 0 Å². The van der Waals surface area contributed by atoms with Crippen LogP contribution < -0.4 is 4.91 Å². The van der Waals surface area contributed by atoms with E-state index < -0.39 is 42.3 Å². The molecule has 122 valence electrons. The topological polar surface area (TPSA) is 159 Å². The Labute approximate surface area is 126 Å². The van der Waals surface area contributed by atoms with E-state index in [-0.39, 0.29) is 6.42 Å². The molecule has 0 spiro atoms. The highest BCUT2D eigenvalue weighted by atomic mass is 16.4. The van der Waals surface area contributed by atoms with Gasteiger partial charge in [-0.15, -0.1) is 0 Å². The minimum Gasteiger partial charge on any atom is -0.481 e. The molecule has 0 rings (SSSR count). The average Bonchev–Trinajstić information content (AvgIpc) is 2.39. The molecule has 0 aliphatic heterocycles. The van der Waals surface area contributed by atoms with Gasteiger partial charge >= 0.3 is 11.9 Å². The van der Waals surface area contributed by atoms with Crippen LogP contribution in [0.3, 0.4) is 0 Å². The predicted octanol–water partition coefficient (Wildman–Crippen LogP) is 1.19. The Balaban J connectivity index is 4.37. The van der Waals surface area contributed by atoms with Crippen LogP contribution in [0.5, 0.6) is 0 Å². The molecule has 0 heterocycles. The summed E-state index contributed by atoms with van der Waals surface area (Å²) < 4.78 is 0. The van der Waals surface area contributed by atoms with Crippen LogP contribution in [0, 0.1) is 11.4 Å². The zero-order chi connectivity index (χ0) is 17.0. The van der Waals surface area contributed by atoms with Gasteiger partial charge in [0.05, 0.1) is 5.92 Å². The molecule has 0 aromatic heterocycles. The van der Waals surface area contributed by atoms with E-state index in [1.165, 1.54) is 0 Å². The first-order valence-electron chi connectivity index (χ1n) is 6.90. The molecule has 0 saturated carbocycles. The van der Waals surface area contributed by atoms with E-state index in [9.17, 15) is 19.2 Å². The molecular formula is C13H20N3O6+. The number of aliphatic carboxylic acids is 2. The maximum absolute atomic E-state index is 11.7. The summed E-state index contributed by atoms with van der Waals surface area (Å²) in [5.74, 6) is -5.33. The van der Waals surface area contributed by atoms with Gasteiger partial charge in [-0.05, 0) is 12.8 Å². The van der Waals surface area contributed by atoms with Crippen LogP contribution in [0.4, 0.5) is 0 Å². The van der Waals surface area contributed by atoms with Gasteiger partial charge in [0, 0.05) is 0 Å². The number of hydrogen-bond donors (Lipinski definition) is 3. The average molecular weight is 314 g/mol. The zero-order valence-corrected chi connectivity index (χ0v) is 12.2. The summed E-state index contributed by atoms with van der Waals surface area (Å²) in [4.78, 5) is 47.4. The van der Waals surface area contributed by atoms with Gasteiger partial charge in [0.15, 0.2) is 11.6 Å². The second kappa shape index (κ2) is 11.3. The summed E-state index contributed by atoms with van der Waals surface area (Å²) in [5, 5.41) is 20.7. The molecular weight excluding hydrogens is 294 g/mol. The second-order valence-corrected chi connectivity index (χ2v) is 4.79. The maximum atomic E-state index is 11.7. The Kier molecular flexibility index (Phi) is 10.0. The number of nitrogens with one attached hydrogen (secondary N) is 1. The number of ketones is 2. The number of carboxylic acid groups (broad SMARTS) is 2. The summed E-state index contributed by atoms with van der Waals surface area (Å²) in [5.41, 5.74) is 6.47. The number of hydrogen-bond acceptors (Lipinski definition) is 6. The number of carboxylic acids is 2. The van der Waals surface area contributed by atoms with Crippen LogP contribution in [-0.2, 0) is 19.2 Å². The first kappa shape index (κ1) is 19.6. The van der Waals surface area contributed by atoms with Crippen molar-refractivity contribution < 1.29 is 29.4 Å². The molecule has 0 fully saturated rings. The molecule has 0 atom stereocenters. The molecule has 0 unspecified atom stereocenters. The third-order valence-corrected chi connectivity index (χ3v) is 3.00. The highest BCUT2D eigenvalue weighted by Gasteiger charge is 2.28. The Morgan fingerprint density at radius 2 is 1.41 bits per heavy atom. The lowest BCUT2D eigenvalue weighted by Crippen LogP contribution is -2.27.